The molecule has 4 N–H and O–H groups in total. The van der Waals surface area contributed by atoms with Gasteiger partial charge in [0.2, 0.25) is 5.12 Å². The highest BCUT2D eigenvalue weighted by Gasteiger charge is 2.17. The molecule has 1 heterocycles. The Morgan fingerprint density at radius 3 is 2.43 bits per heavy atom. The molecule has 1 aliphatic heterocycles. The number of nitrogens with one attached hydrogen (secondary N) is 4. The van der Waals surface area contributed by atoms with Crippen LogP contribution in [0.25, 0.3) is 0 Å². The van der Waals surface area contributed by atoms with Gasteiger partial charge in [-0.3, -0.25) is 4.79 Å². The van der Waals surface area contributed by atoms with Gasteiger partial charge in [-0.05, 0) is 11.8 Å². The van der Waals surface area contributed by atoms with Crippen molar-refractivity contribution in [2.75, 3.05) is 0 Å². The summed E-state index contributed by atoms with van der Waals surface area (Å²) < 4.78 is 0. The topological polar surface area (TPSA) is 65.2 Å². The molecule has 5 nitrogen and oxygen atoms in total. The van der Waals surface area contributed by atoms with E-state index in [1.54, 1.807) is 12.1 Å². The largest absolute Gasteiger partial charge is 0.281 e. The van der Waals surface area contributed by atoms with E-state index in [0.29, 0.717) is 5.56 Å². The lowest BCUT2D eigenvalue weighted by Gasteiger charge is -2.06. The second kappa shape index (κ2) is 4.54. The van der Waals surface area contributed by atoms with E-state index >= 15 is 0 Å². The van der Waals surface area contributed by atoms with Gasteiger partial charge in [-0.15, -0.1) is 0 Å². The van der Waals surface area contributed by atoms with Crippen LogP contribution in [0.1, 0.15) is 10.4 Å². The van der Waals surface area contributed by atoms with Gasteiger partial charge in [0.25, 0.3) is 0 Å². The minimum Gasteiger partial charge on any atom is -0.281 e. The Labute approximate surface area is 85.5 Å². The predicted molar refractivity (Wildman–Crippen MR) is 54.7 cm³/mol. The second-order valence-corrected chi connectivity index (χ2v) is 3.77. The molecule has 2 rings (SSSR count). The molecule has 0 amide bonds. The zero-order chi connectivity index (χ0) is 9.80. The molecule has 0 saturated carbocycles. The van der Waals surface area contributed by atoms with Gasteiger partial charge in [0.1, 0.15) is 5.50 Å². The molecular formula is C8H10N4OS. The highest BCUT2D eigenvalue weighted by molar-refractivity contribution is 8.14. The van der Waals surface area contributed by atoms with Crippen molar-refractivity contribution >= 4 is 16.9 Å². The fraction of sp³-hybridized carbons (Fsp3) is 0.125. The van der Waals surface area contributed by atoms with E-state index in [-0.39, 0.29) is 10.6 Å². The summed E-state index contributed by atoms with van der Waals surface area (Å²) in [6, 6.07) is 9.17. The van der Waals surface area contributed by atoms with Crippen molar-refractivity contribution in [2.45, 2.75) is 5.50 Å². The molecule has 1 fully saturated rings. The van der Waals surface area contributed by atoms with Crippen LogP contribution in [0.5, 0.6) is 0 Å². The Morgan fingerprint density at radius 2 is 1.79 bits per heavy atom. The molecule has 1 aromatic carbocycles. The fourth-order valence-electron chi connectivity index (χ4n) is 1.05. The van der Waals surface area contributed by atoms with Crippen LogP contribution in [0.3, 0.4) is 0 Å². The Balaban J connectivity index is 1.95. The predicted octanol–water partition coefficient (Wildman–Crippen LogP) is -0.0394. The summed E-state index contributed by atoms with van der Waals surface area (Å²) in [6.45, 7) is 0. The first-order valence-electron chi connectivity index (χ1n) is 4.13. The second-order valence-electron chi connectivity index (χ2n) is 2.69. The maximum atomic E-state index is 11.6. The molecule has 0 bridgehead atoms. The molecule has 1 aromatic rings. The Morgan fingerprint density at radius 1 is 1.14 bits per heavy atom. The Kier molecular flexibility index (Phi) is 3.12. The summed E-state index contributed by atoms with van der Waals surface area (Å²) in [5, 5.41) is 0.0288. The number of carbonyl (C=O) groups is 1. The molecule has 74 valence electrons. The Bertz CT molecular complexity index is 312. The van der Waals surface area contributed by atoms with E-state index in [0.717, 1.165) is 0 Å². The first kappa shape index (κ1) is 9.63. The van der Waals surface area contributed by atoms with Crippen molar-refractivity contribution in [3.05, 3.63) is 35.9 Å². The summed E-state index contributed by atoms with van der Waals surface area (Å²) in [4.78, 5) is 11.6. The van der Waals surface area contributed by atoms with E-state index < -0.39 is 0 Å². The molecule has 0 unspecified atom stereocenters. The van der Waals surface area contributed by atoms with Crippen molar-refractivity contribution in [3.63, 3.8) is 0 Å². The van der Waals surface area contributed by atoms with E-state index in [1.165, 1.54) is 11.8 Å². The van der Waals surface area contributed by atoms with Crippen LogP contribution >= 0.6 is 11.8 Å². The van der Waals surface area contributed by atoms with Gasteiger partial charge in [0.05, 0.1) is 0 Å². The molecule has 14 heavy (non-hydrogen) atoms. The normalized spacial score (nSPS) is 17.1. The van der Waals surface area contributed by atoms with Gasteiger partial charge in [-0.1, -0.05) is 30.3 Å². The lowest BCUT2D eigenvalue weighted by Crippen LogP contribution is -2.33. The van der Waals surface area contributed by atoms with E-state index in [2.05, 4.69) is 21.9 Å². The van der Waals surface area contributed by atoms with Crippen LogP contribution in [-0.4, -0.2) is 10.6 Å². The summed E-state index contributed by atoms with van der Waals surface area (Å²) in [5.74, 6) is 0. The summed E-state index contributed by atoms with van der Waals surface area (Å²) in [7, 11) is 0. The lowest BCUT2D eigenvalue weighted by molar-refractivity contribution is 0.108. The third-order valence-electron chi connectivity index (χ3n) is 1.70. The van der Waals surface area contributed by atoms with E-state index in [4.69, 9.17) is 0 Å². The van der Waals surface area contributed by atoms with Crippen LogP contribution in [0.2, 0.25) is 0 Å². The molecule has 6 heteroatoms. The minimum absolute atomic E-state index is 0.0288. The number of hydrogen-bond donors (Lipinski definition) is 4. The molecule has 1 saturated heterocycles. The molecule has 0 aromatic heterocycles. The zero-order valence-corrected chi connectivity index (χ0v) is 8.10. The number of rotatable bonds is 2. The third kappa shape index (κ3) is 2.31. The Hall–Kier alpha value is -0.920. The van der Waals surface area contributed by atoms with E-state index in [9.17, 15) is 4.79 Å². The van der Waals surface area contributed by atoms with Gasteiger partial charge in [0, 0.05) is 5.56 Å². The van der Waals surface area contributed by atoms with Crippen molar-refractivity contribution < 1.29 is 4.79 Å². The smallest absolute Gasteiger partial charge is 0.222 e. The van der Waals surface area contributed by atoms with E-state index in [1.807, 2.05) is 18.2 Å². The highest BCUT2D eigenvalue weighted by atomic mass is 32.2. The van der Waals surface area contributed by atoms with Gasteiger partial charge in [-0.25, -0.2) is 10.9 Å². The minimum atomic E-state index is -0.150. The first-order valence-corrected chi connectivity index (χ1v) is 5.01. The van der Waals surface area contributed by atoms with Gasteiger partial charge in [0.15, 0.2) is 0 Å². The number of benzene rings is 1. The molecule has 0 spiro atoms. The van der Waals surface area contributed by atoms with Gasteiger partial charge in [-0.2, -0.15) is 11.1 Å². The van der Waals surface area contributed by atoms with Gasteiger partial charge < -0.3 is 0 Å². The number of hydrazine groups is 3. The zero-order valence-electron chi connectivity index (χ0n) is 7.28. The standard InChI is InChI=1S/C8H10N4OS/c13-7(6-4-2-1-3-5-6)14-8-9-11-12-10-8/h1-5,8-12H. The molecular weight excluding hydrogens is 200 g/mol. The molecule has 0 radical (unpaired) electrons. The number of hydrogen-bond acceptors (Lipinski definition) is 6. The molecule has 0 aliphatic carbocycles. The molecule has 0 atom stereocenters. The summed E-state index contributed by atoms with van der Waals surface area (Å²) >= 11 is 1.17. The van der Waals surface area contributed by atoms with Crippen LogP contribution in [0.15, 0.2) is 30.3 Å². The highest BCUT2D eigenvalue weighted by Crippen LogP contribution is 2.14. The number of thioether (sulfide) groups is 1. The van der Waals surface area contributed by atoms with Crippen LogP contribution < -0.4 is 21.9 Å². The third-order valence-corrected chi connectivity index (χ3v) is 2.62. The van der Waals surface area contributed by atoms with Crippen LogP contribution in [-0.2, 0) is 0 Å². The molecule has 1 aliphatic rings. The van der Waals surface area contributed by atoms with Crippen molar-refractivity contribution in [3.8, 4) is 0 Å². The monoisotopic (exact) mass is 210 g/mol. The average molecular weight is 210 g/mol. The summed E-state index contributed by atoms with van der Waals surface area (Å²) in [6.07, 6.45) is 0. The van der Waals surface area contributed by atoms with Gasteiger partial charge >= 0.3 is 0 Å². The van der Waals surface area contributed by atoms with Crippen LogP contribution in [0, 0.1) is 0 Å². The maximum absolute atomic E-state index is 11.6. The van der Waals surface area contributed by atoms with Crippen molar-refractivity contribution in [1.29, 1.82) is 0 Å². The number of carbonyl (C=O) groups excluding carboxylic acids is 1. The summed E-state index contributed by atoms with van der Waals surface area (Å²) in [5.41, 5.74) is 11.5. The van der Waals surface area contributed by atoms with Crippen LogP contribution in [0.4, 0.5) is 0 Å². The SMILES string of the molecule is O=C(SC1NNNN1)c1ccccc1. The quantitative estimate of drug-likeness (QED) is 0.549. The average Bonchev–Trinajstić information content (AvgIpc) is 2.72. The lowest BCUT2D eigenvalue weighted by atomic mass is 10.2. The maximum Gasteiger partial charge on any atom is 0.222 e. The van der Waals surface area contributed by atoms with Crippen molar-refractivity contribution in [1.82, 2.24) is 21.9 Å². The van der Waals surface area contributed by atoms with Crippen molar-refractivity contribution in [2.24, 2.45) is 0 Å². The first-order chi connectivity index (χ1) is 6.86. The fourth-order valence-corrected chi connectivity index (χ4v) is 1.77.